The molecule has 0 bridgehead atoms. The van der Waals surface area contributed by atoms with Crippen molar-refractivity contribution in [3.05, 3.63) is 23.3 Å². The van der Waals surface area contributed by atoms with E-state index in [1.807, 2.05) is 6.07 Å². The lowest BCUT2D eigenvalue weighted by Gasteiger charge is -2.10. The van der Waals surface area contributed by atoms with Crippen LogP contribution >= 0.6 is 0 Å². The van der Waals surface area contributed by atoms with E-state index in [1.54, 1.807) is 0 Å². The molecule has 0 spiro atoms. The molecule has 15 heavy (non-hydrogen) atoms. The number of nitrogen functional groups attached to an aromatic ring is 1. The van der Waals surface area contributed by atoms with Crippen molar-refractivity contribution in [3.8, 4) is 11.8 Å². The normalized spacial score (nSPS) is 9.13. The smallest absolute Gasteiger partial charge is 0.343 e. The minimum Gasteiger partial charge on any atom is -0.496 e. The Balaban J connectivity index is 3.44. The summed E-state index contributed by atoms with van der Waals surface area (Å²) < 4.78 is 9.51. The molecule has 0 atom stereocenters. The predicted octanol–water partition coefficient (Wildman–Crippen LogP) is 0.936. The van der Waals surface area contributed by atoms with Crippen LogP contribution in [-0.4, -0.2) is 20.2 Å². The molecule has 1 aromatic rings. The number of rotatable bonds is 2. The van der Waals surface area contributed by atoms with Crippen molar-refractivity contribution in [2.75, 3.05) is 20.0 Å². The zero-order valence-corrected chi connectivity index (χ0v) is 8.40. The Morgan fingerprint density at radius 3 is 2.60 bits per heavy atom. The number of anilines is 1. The van der Waals surface area contributed by atoms with E-state index in [4.69, 9.17) is 15.7 Å². The van der Waals surface area contributed by atoms with Crippen molar-refractivity contribution >= 4 is 11.7 Å². The van der Waals surface area contributed by atoms with Crippen LogP contribution in [0.15, 0.2) is 12.1 Å². The Kier molecular flexibility index (Phi) is 3.13. The molecule has 5 nitrogen and oxygen atoms in total. The maximum atomic E-state index is 11.4. The van der Waals surface area contributed by atoms with Crippen LogP contribution in [0.2, 0.25) is 0 Å². The van der Waals surface area contributed by atoms with Gasteiger partial charge in [0.25, 0.3) is 0 Å². The fraction of sp³-hybridized carbons (Fsp3) is 0.200. The molecule has 0 aliphatic carbocycles. The standard InChI is InChI=1S/C10H10N2O3/c1-14-7-4-3-6(5-11)9(12)8(7)10(13)15-2/h3-4H,12H2,1-2H3. The number of nitriles is 1. The maximum absolute atomic E-state index is 11.4. The van der Waals surface area contributed by atoms with E-state index in [9.17, 15) is 4.79 Å². The first-order chi connectivity index (χ1) is 7.15. The van der Waals surface area contributed by atoms with Crippen molar-refractivity contribution in [3.63, 3.8) is 0 Å². The lowest BCUT2D eigenvalue weighted by atomic mass is 10.1. The van der Waals surface area contributed by atoms with Crippen LogP contribution in [-0.2, 0) is 4.74 Å². The largest absolute Gasteiger partial charge is 0.496 e. The van der Waals surface area contributed by atoms with Gasteiger partial charge in [0.1, 0.15) is 17.4 Å². The van der Waals surface area contributed by atoms with Gasteiger partial charge in [-0.15, -0.1) is 0 Å². The summed E-state index contributed by atoms with van der Waals surface area (Å²) in [6.45, 7) is 0. The molecule has 2 N–H and O–H groups in total. The summed E-state index contributed by atoms with van der Waals surface area (Å²) in [5.41, 5.74) is 6.02. The van der Waals surface area contributed by atoms with Crippen LogP contribution in [0.3, 0.4) is 0 Å². The Morgan fingerprint density at radius 2 is 2.13 bits per heavy atom. The molecule has 0 unspecified atom stereocenters. The SMILES string of the molecule is COC(=O)c1c(OC)ccc(C#N)c1N. The first-order valence-electron chi connectivity index (χ1n) is 4.10. The van der Waals surface area contributed by atoms with E-state index < -0.39 is 5.97 Å². The van der Waals surface area contributed by atoms with Crippen molar-refractivity contribution in [2.45, 2.75) is 0 Å². The second kappa shape index (κ2) is 4.33. The number of carbonyl (C=O) groups is 1. The molecule has 0 saturated carbocycles. The van der Waals surface area contributed by atoms with Gasteiger partial charge in [0.15, 0.2) is 0 Å². The number of carbonyl (C=O) groups excluding carboxylic acids is 1. The number of nitrogens with two attached hydrogens (primary N) is 1. The third kappa shape index (κ3) is 1.83. The number of nitrogens with zero attached hydrogens (tertiary/aromatic N) is 1. The van der Waals surface area contributed by atoms with E-state index in [1.165, 1.54) is 26.4 Å². The van der Waals surface area contributed by atoms with Gasteiger partial charge in [-0.1, -0.05) is 0 Å². The third-order valence-corrected chi connectivity index (χ3v) is 1.94. The van der Waals surface area contributed by atoms with Gasteiger partial charge in [-0.05, 0) is 12.1 Å². The zero-order valence-electron chi connectivity index (χ0n) is 8.40. The van der Waals surface area contributed by atoms with Crippen LogP contribution in [0.4, 0.5) is 5.69 Å². The fourth-order valence-corrected chi connectivity index (χ4v) is 1.18. The average molecular weight is 206 g/mol. The van der Waals surface area contributed by atoms with Gasteiger partial charge in [-0.25, -0.2) is 4.79 Å². The quantitative estimate of drug-likeness (QED) is 0.574. The van der Waals surface area contributed by atoms with E-state index in [0.717, 1.165) is 0 Å². The number of hydrogen-bond donors (Lipinski definition) is 1. The number of esters is 1. The van der Waals surface area contributed by atoms with Crippen LogP contribution in [0.5, 0.6) is 5.75 Å². The van der Waals surface area contributed by atoms with Gasteiger partial charge < -0.3 is 15.2 Å². The molecule has 1 aromatic carbocycles. The van der Waals surface area contributed by atoms with E-state index in [-0.39, 0.29) is 16.8 Å². The highest BCUT2D eigenvalue weighted by Crippen LogP contribution is 2.27. The summed E-state index contributed by atoms with van der Waals surface area (Å²) in [4.78, 5) is 11.4. The highest BCUT2D eigenvalue weighted by atomic mass is 16.5. The first-order valence-corrected chi connectivity index (χ1v) is 4.10. The zero-order chi connectivity index (χ0) is 11.4. The summed E-state index contributed by atoms with van der Waals surface area (Å²) >= 11 is 0. The lowest BCUT2D eigenvalue weighted by molar-refractivity contribution is 0.0598. The minimum atomic E-state index is -0.624. The molecule has 0 aliphatic rings. The highest BCUT2D eigenvalue weighted by molar-refractivity contribution is 5.99. The van der Waals surface area contributed by atoms with E-state index >= 15 is 0 Å². The van der Waals surface area contributed by atoms with Gasteiger partial charge in [0, 0.05) is 0 Å². The van der Waals surface area contributed by atoms with Crippen molar-refractivity contribution in [1.82, 2.24) is 0 Å². The van der Waals surface area contributed by atoms with Gasteiger partial charge in [-0.2, -0.15) is 5.26 Å². The average Bonchev–Trinajstić information content (AvgIpc) is 2.27. The number of ether oxygens (including phenoxy) is 2. The first kappa shape index (κ1) is 10.9. The maximum Gasteiger partial charge on any atom is 0.343 e. The molecule has 0 amide bonds. The summed E-state index contributed by atoms with van der Waals surface area (Å²) in [5, 5.41) is 8.74. The molecule has 1 rings (SSSR count). The Hall–Kier alpha value is -2.22. The van der Waals surface area contributed by atoms with Gasteiger partial charge in [0.2, 0.25) is 0 Å². The Morgan fingerprint density at radius 1 is 1.47 bits per heavy atom. The number of hydrogen-bond acceptors (Lipinski definition) is 5. The summed E-state index contributed by atoms with van der Waals surface area (Å²) in [5.74, 6) is -0.334. The monoisotopic (exact) mass is 206 g/mol. The van der Waals surface area contributed by atoms with Crippen LogP contribution in [0.1, 0.15) is 15.9 Å². The molecule has 0 heterocycles. The lowest BCUT2D eigenvalue weighted by Crippen LogP contribution is -2.09. The van der Waals surface area contributed by atoms with Gasteiger partial charge >= 0.3 is 5.97 Å². The molecule has 5 heteroatoms. The van der Waals surface area contributed by atoms with E-state index in [2.05, 4.69) is 4.74 Å². The second-order valence-corrected chi connectivity index (χ2v) is 2.71. The molecular weight excluding hydrogens is 196 g/mol. The molecule has 0 radical (unpaired) electrons. The molecule has 0 saturated heterocycles. The highest BCUT2D eigenvalue weighted by Gasteiger charge is 2.19. The van der Waals surface area contributed by atoms with Crippen LogP contribution < -0.4 is 10.5 Å². The van der Waals surface area contributed by atoms with Crippen molar-refractivity contribution in [1.29, 1.82) is 5.26 Å². The molecule has 0 aliphatic heterocycles. The molecular formula is C10H10N2O3. The molecule has 78 valence electrons. The summed E-state index contributed by atoms with van der Waals surface area (Å²) in [6, 6.07) is 4.87. The summed E-state index contributed by atoms with van der Waals surface area (Å²) in [6.07, 6.45) is 0. The summed E-state index contributed by atoms with van der Waals surface area (Å²) in [7, 11) is 2.65. The predicted molar refractivity (Wildman–Crippen MR) is 53.5 cm³/mol. The van der Waals surface area contributed by atoms with Gasteiger partial charge in [-0.3, -0.25) is 0 Å². The molecule has 0 fully saturated rings. The number of benzene rings is 1. The Labute approximate surface area is 87.0 Å². The van der Waals surface area contributed by atoms with Gasteiger partial charge in [0.05, 0.1) is 25.5 Å². The third-order valence-electron chi connectivity index (χ3n) is 1.94. The van der Waals surface area contributed by atoms with E-state index in [0.29, 0.717) is 5.75 Å². The van der Waals surface area contributed by atoms with Crippen molar-refractivity contribution in [2.24, 2.45) is 0 Å². The van der Waals surface area contributed by atoms with Crippen molar-refractivity contribution < 1.29 is 14.3 Å². The second-order valence-electron chi connectivity index (χ2n) is 2.71. The Bertz CT molecular complexity index is 435. The minimum absolute atomic E-state index is 0.0729. The topological polar surface area (TPSA) is 85.3 Å². The fourth-order valence-electron chi connectivity index (χ4n) is 1.18. The number of methoxy groups -OCH3 is 2. The molecule has 0 aromatic heterocycles. The van der Waals surface area contributed by atoms with Crippen LogP contribution in [0.25, 0.3) is 0 Å². The van der Waals surface area contributed by atoms with Crippen LogP contribution in [0, 0.1) is 11.3 Å².